The Labute approximate surface area is 95.7 Å². The molecule has 0 aliphatic heterocycles. The van der Waals surface area contributed by atoms with E-state index in [1.807, 2.05) is 0 Å². The van der Waals surface area contributed by atoms with Gasteiger partial charge in [0.2, 0.25) is 0 Å². The van der Waals surface area contributed by atoms with Gasteiger partial charge in [0, 0.05) is 0 Å². The normalized spacial score (nSPS) is 12.7. The van der Waals surface area contributed by atoms with Crippen molar-refractivity contribution >= 4 is 0 Å². The van der Waals surface area contributed by atoms with Crippen LogP contribution in [0.15, 0.2) is 30.3 Å². The zero-order valence-electron chi connectivity index (χ0n) is 11.2. The Morgan fingerprint density at radius 2 is 1.40 bits per heavy atom. The zero-order valence-corrected chi connectivity index (χ0v) is 11.2. The maximum atomic E-state index is 2.26. The van der Waals surface area contributed by atoms with Gasteiger partial charge in [-0.05, 0) is 23.3 Å². The second-order valence-electron chi connectivity index (χ2n) is 5.72. The van der Waals surface area contributed by atoms with E-state index in [9.17, 15) is 0 Å². The van der Waals surface area contributed by atoms with Crippen molar-refractivity contribution in [1.29, 1.82) is 0 Å². The van der Waals surface area contributed by atoms with Gasteiger partial charge in [0.1, 0.15) is 0 Å². The molecule has 0 heterocycles. The lowest BCUT2D eigenvalue weighted by atomic mass is 9.99. The van der Waals surface area contributed by atoms with Crippen molar-refractivity contribution in [2.45, 2.75) is 53.9 Å². The van der Waals surface area contributed by atoms with Crippen molar-refractivity contribution < 1.29 is 0 Å². The van der Waals surface area contributed by atoms with E-state index >= 15 is 0 Å². The Bertz CT molecular complexity index is 234. The van der Waals surface area contributed by atoms with Gasteiger partial charge in [-0.1, -0.05) is 71.9 Å². The minimum atomic E-state index is 0.500. The molecular formula is C15H26. The molecule has 0 saturated carbocycles. The third kappa shape index (κ3) is 9.52. The Hall–Kier alpha value is -0.780. The molecule has 0 fully saturated rings. The molecule has 0 saturated heterocycles. The summed E-state index contributed by atoms with van der Waals surface area (Å²) in [6, 6.07) is 10.6. The maximum Gasteiger partial charge on any atom is -0.0193 e. The summed E-state index contributed by atoms with van der Waals surface area (Å²) >= 11 is 0. The minimum Gasteiger partial charge on any atom is -0.0648 e. The molecule has 1 rings (SSSR count). The number of benzene rings is 1. The lowest BCUT2D eigenvalue weighted by molar-refractivity contribution is 0.469. The Kier molecular flexibility index (Phi) is 6.31. The molecule has 1 atom stereocenters. The van der Waals surface area contributed by atoms with Crippen LogP contribution in [0, 0.1) is 5.41 Å². The first-order valence-corrected chi connectivity index (χ1v) is 5.89. The second kappa shape index (κ2) is 6.66. The first kappa shape index (κ1) is 14.2. The maximum absolute atomic E-state index is 2.26. The summed E-state index contributed by atoms with van der Waals surface area (Å²) in [6.45, 7) is 13.2. The van der Waals surface area contributed by atoms with Crippen molar-refractivity contribution in [3.05, 3.63) is 35.9 Å². The first-order valence-electron chi connectivity index (χ1n) is 5.89. The molecule has 0 N–H and O–H groups in total. The van der Waals surface area contributed by atoms with Gasteiger partial charge in [-0.3, -0.25) is 0 Å². The average molecular weight is 206 g/mol. The fourth-order valence-electron chi connectivity index (χ4n) is 1.02. The highest BCUT2D eigenvalue weighted by atomic mass is 14.0. The summed E-state index contributed by atoms with van der Waals surface area (Å²) in [7, 11) is 0. The molecule has 1 unspecified atom stereocenters. The monoisotopic (exact) mass is 206 g/mol. The molecule has 1 aromatic carbocycles. The van der Waals surface area contributed by atoms with Crippen LogP contribution in [-0.2, 0) is 0 Å². The van der Waals surface area contributed by atoms with Crippen LogP contribution in [0.2, 0.25) is 0 Å². The smallest absolute Gasteiger partial charge is 0.0193 e. The molecular weight excluding hydrogens is 180 g/mol. The topological polar surface area (TPSA) is 0 Å². The fraction of sp³-hybridized carbons (Fsp3) is 0.600. The summed E-state index contributed by atoms with van der Waals surface area (Å²) in [5.74, 6) is 0.709. The standard InChI is InChI=1S/C10H14.C5H12/c1-3-9(2)10-7-5-4-6-8-10;1-5(2,3)4/h4-9H,3H2,1-2H3;1-4H3. The van der Waals surface area contributed by atoms with Crippen LogP contribution in [0.3, 0.4) is 0 Å². The molecule has 86 valence electrons. The third-order valence-electron chi connectivity index (χ3n) is 1.98. The molecule has 0 bridgehead atoms. The van der Waals surface area contributed by atoms with Crippen LogP contribution in [0.1, 0.15) is 59.4 Å². The molecule has 0 spiro atoms. The summed E-state index contributed by atoms with van der Waals surface area (Å²) < 4.78 is 0. The highest BCUT2D eigenvalue weighted by Gasteiger charge is 1.98. The van der Waals surface area contributed by atoms with E-state index in [0.29, 0.717) is 11.3 Å². The zero-order chi connectivity index (χ0) is 11.9. The van der Waals surface area contributed by atoms with Gasteiger partial charge in [-0.2, -0.15) is 0 Å². The largest absolute Gasteiger partial charge is 0.0648 e. The summed E-state index contributed by atoms with van der Waals surface area (Å²) in [4.78, 5) is 0. The Morgan fingerprint density at radius 1 is 1.00 bits per heavy atom. The van der Waals surface area contributed by atoms with E-state index in [0.717, 1.165) is 0 Å². The minimum absolute atomic E-state index is 0.500. The molecule has 0 nitrogen and oxygen atoms in total. The van der Waals surface area contributed by atoms with E-state index in [1.54, 1.807) is 0 Å². The number of rotatable bonds is 2. The molecule has 0 aliphatic carbocycles. The highest BCUT2D eigenvalue weighted by Crippen LogP contribution is 2.16. The van der Waals surface area contributed by atoms with Crippen molar-refractivity contribution in [3.8, 4) is 0 Å². The molecule has 0 radical (unpaired) electrons. The summed E-state index contributed by atoms with van der Waals surface area (Å²) in [5, 5.41) is 0. The van der Waals surface area contributed by atoms with Crippen molar-refractivity contribution in [2.75, 3.05) is 0 Å². The van der Waals surface area contributed by atoms with Crippen LogP contribution < -0.4 is 0 Å². The van der Waals surface area contributed by atoms with Crippen LogP contribution in [-0.4, -0.2) is 0 Å². The molecule has 0 aliphatic rings. The number of hydrogen-bond acceptors (Lipinski definition) is 0. The van der Waals surface area contributed by atoms with E-state index in [4.69, 9.17) is 0 Å². The Morgan fingerprint density at radius 3 is 1.73 bits per heavy atom. The van der Waals surface area contributed by atoms with Crippen LogP contribution in [0.5, 0.6) is 0 Å². The summed E-state index contributed by atoms with van der Waals surface area (Å²) in [6.07, 6.45) is 1.23. The van der Waals surface area contributed by atoms with Gasteiger partial charge in [0.25, 0.3) is 0 Å². The quantitative estimate of drug-likeness (QED) is 0.619. The SMILES string of the molecule is CC(C)(C)C.CCC(C)c1ccccc1. The molecule has 0 heteroatoms. The average Bonchev–Trinajstić information content (AvgIpc) is 2.15. The third-order valence-corrected chi connectivity index (χ3v) is 1.98. The Balaban J connectivity index is 0.000000336. The van der Waals surface area contributed by atoms with E-state index in [2.05, 4.69) is 71.9 Å². The van der Waals surface area contributed by atoms with Crippen molar-refractivity contribution in [2.24, 2.45) is 5.41 Å². The van der Waals surface area contributed by atoms with E-state index in [-0.39, 0.29) is 0 Å². The van der Waals surface area contributed by atoms with Crippen LogP contribution >= 0.6 is 0 Å². The predicted molar refractivity (Wildman–Crippen MR) is 70.3 cm³/mol. The molecule has 1 aromatic rings. The fourth-order valence-corrected chi connectivity index (χ4v) is 1.02. The van der Waals surface area contributed by atoms with Gasteiger partial charge in [-0.25, -0.2) is 0 Å². The van der Waals surface area contributed by atoms with Crippen LogP contribution in [0.4, 0.5) is 0 Å². The number of hydrogen-bond donors (Lipinski definition) is 0. The molecule has 0 amide bonds. The second-order valence-corrected chi connectivity index (χ2v) is 5.72. The van der Waals surface area contributed by atoms with E-state index in [1.165, 1.54) is 12.0 Å². The van der Waals surface area contributed by atoms with Crippen molar-refractivity contribution in [3.63, 3.8) is 0 Å². The van der Waals surface area contributed by atoms with Crippen molar-refractivity contribution in [1.82, 2.24) is 0 Å². The molecule has 0 aromatic heterocycles. The first-order chi connectivity index (χ1) is 6.84. The van der Waals surface area contributed by atoms with Gasteiger partial charge >= 0.3 is 0 Å². The van der Waals surface area contributed by atoms with Gasteiger partial charge in [0.05, 0.1) is 0 Å². The van der Waals surface area contributed by atoms with Gasteiger partial charge < -0.3 is 0 Å². The predicted octanol–water partition coefficient (Wildman–Crippen LogP) is 5.25. The lowest BCUT2D eigenvalue weighted by Crippen LogP contribution is -1.93. The molecule has 15 heavy (non-hydrogen) atoms. The highest BCUT2D eigenvalue weighted by molar-refractivity contribution is 5.18. The van der Waals surface area contributed by atoms with Crippen LogP contribution in [0.25, 0.3) is 0 Å². The lowest BCUT2D eigenvalue weighted by Gasteiger charge is -2.06. The summed E-state index contributed by atoms with van der Waals surface area (Å²) in [5.41, 5.74) is 1.95. The van der Waals surface area contributed by atoms with Gasteiger partial charge in [0.15, 0.2) is 0 Å². The van der Waals surface area contributed by atoms with E-state index < -0.39 is 0 Å². The van der Waals surface area contributed by atoms with Gasteiger partial charge in [-0.15, -0.1) is 0 Å².